The first-order valence-corrected chi connectivity index (χ1v) is 12.1. The molecule has 1 aromatic carbocycles. The van der Waals surface area contributed by atoms with Crippen molar-refractivity contribution in [3.05, 3.63) is 69.3 Å². The number of ketones is 2. The fourth-order valence-corrected chi connectivity index (χ4v) is 6.16. The van der Waals surface area contributed by atoms with Gasteiger partial charge in [-0.3, -0.25) is 24.6 Å². The second kappa shape index (κ2) is 9.58. The molecule has 0 bridgehead atoms. The van der Waals surface area contributed by atoms with Crippen molar-refractivity contribution < 1.29 is 39.3 Å². The average molecular weight is 537 g/mol. The van der Waals surface area contributed by atoms with Crippen molar-refractivity contribution >= 4 is 23.2 Å². The van der Waals surface area contributed by atoms with Gasteiger partial charge in [-0.25, -0.2) is 0 Å². The number of aliphatic hydroxyl groups is 2. The number of aromatic nitrogens is 1. The number of aliphatic hydroxyl groups excluding tert-OH is 2. The number of phenols is 1. The number of aromatic hydroxyl groups is 1. The summed E-state index contributed by atoms with van der Waals surface area (Å²) in [6.07, 6.45) is 1.61. The molecule has 5 N–H and O–H groups in total. The van der Waals surface area contributed by atoms with Crippen LogP contribution in [0.1, 0.15) is 29.5 Å². The average Bonchev–Trinajstić information content (AvgIpc) is 2.90. The SMILES string of the molecule is CON([O-])Cc1cc(-c2ccccn2)c2c(c1O)C(O)=C1C(=O)[C@]3(OC)C(O)=C(C(N)=O)C(=O)C[C@@H]3C[C@@H]1C2. The molecule has 3 aliphatic carbocycles. The summed E-state index contributed by atoms with van der Waals surface area (Å²) < 4.78 is 5.54. The molecule has 3 aliphatic rings. The van der Waals surface area contributed by atoms with E-state index in [0.717, 1.165) is 7.11 Å². The molecular weight excluding hydrogens is 510 g/mol. The van der Waals surface area contributed by atoms with E-state index in [0.29, 0.717) is 16.8 Å². The molecule has 1 heterocycles. The molecule has 1 amide bonds. The molecule has 12 heteroatoms. The Hall–Kier alpha value is -4.10. The van der Waals surface area contributed by atoms with Crippen LogP contribution in [0.5, 0.6) is 5.75 Å². The van der Waals surface area contributed by atoms with Crippen molar-refractivity contribution in [2.24, 2.45) is 17.6 Å². The van der Waals surface area contributed by atoms with Crippen LogP contribution in [0.15, 0.2) is 47.4 Å². The Balaban J connectivity index is 1.76. The lowest BCUT2D eigenvalue weighted by Gasteiger charge is -2.48. The number of nitrogens with zero attached hydrogens (tertiary/aromatic N) is 2. The Morgan fingerprint density at radius 2 is 1.97 bits per heavy atom. The number of Topliss-reactive ketones (excluding diaryl/α,β-unsaturated/α-hetero) is 2. The molecule has 1 saturated carbocycles. The Morgan fingerprint density at radius 1 is 1.23 bits per heavy atom. The number of hydrogen-bond acceptors (Lipinski definition) is 11. The van der Waals surface area contributed by atoms with Crippen LogP contribution < -0.4 is 5.73 Å². The number of rotatable bonds is 6. The lowest BCUT2D eigenvalue weighted by molar-refractivity contribution is -0.153. The van der Waals surface area contributed by atoms with E-state index in [-0.39, 0.29) is 41.2 Å². The zero-order chi connectivity index (χ0) is 28.2. The molecule has 0 spiro atoms. The molecule has 5 rings (SSSR count). The van der Waals surface area contributed by atoms with Gasteiger partial charge in [-0.05, 0) is 42.5 Å². The van der Waals surface area contributed by atoms with E-state index < -0.39 is 64.3 Å². The third-order valence-corrected chi connectivity index (χ3v) is 7.87. The van der Waals surface area contributed by atoms with Crippen molar-refractivity contribution in [2.45, 2.75) is 31.4 Å². The lowest BCUT2D eigenvalue weighted by atomic mass is 9.59. The van der Waals surface area contributed by atoms with Crippen LogP contribution in [0.2, 0.25) is 0 Å². The number of carbonyl (C=O) groups excluding carboxylic acids is 3. The van der Waals surface area contributed by atoms with Crippen molar-refractivity contribution in [1.29, 1.82) is 0 Å². The number of pyridine rings is 1. The molecule has 3 atom stereocenters. The van der Waals surface area contributed by atoms with E-state index in [1.54, 1.807) is 30.5 Å². The number of hydrogen-bond donors (Lipinski definition) is 4. The van der Waals surface area contributed by atoms with E-state index in [4.69, 9.17) is 10.5 Å². The maximum atomic E-state index is 14.1. The van der Waals surface area contributed by atoms with Gasteiger partial charge in [0.1, 0.15) is 22.8 Å². The zero-order valence-electron chi connectivity index (χ0n) is 21.1. The fourth-order valence-electron chi connectivity index (χ4n) is 6.16. The minimum atomic E-state index is -2.12. The molecule has 0 aliphatic heterocycles. The first-order chi connectivity index (χ1) is 18.6. The smallest absolute Gasteiger partial charge is 0.255 e. The van der Waals surface area contributed by atoms with Gasteiger partial charge in [0.15, 0.2) is 11.4 Å². The quantitative estimate of drug-likeness (QED) is 0.311. The fraction of sp³-hybridized carbons (Fsp3) is 0.333. The largest absolute Gasteiger partial charge is 0.762 e. The van der Waals surface area contributed by atoms with Gasteiger partial charge >= 0.3 is 0 Å². The van der Waals surface area contributed by atoms with Gasteiger partial charge < -0.3 is 35.8 Å². The zero-order valence-corrected chi connectivity index (χ0v) is 21.1. The van der Waals surface area contributed by atoms with E-state index in [9.17, 15) is 34.9 Å². The highest BCUT2D eigenvalue weighted by molar-refractivity contribution is 6.22. The first-order valence-electron chi connectivity index (χ1n) is 12.1. The molecule has 1 fully saturated rings. The predicted octanol–water partition coefficient (Wildman–Crippen LogP) is 2.00. The minimum Gasteiger partial charge on any atom is -0.762 e. The first kappa shape index (κ1) is 26.5. The van der Waals surface area contributed by atoms with Crippen molar-refractivity contribution in [2.75, 3.05) is 14.2 Å². The molecule has 39 heavy (non-hydrogen) atoms. The number of carbonyl (C=O) groups is 3. The lowest BCUT2D eigenvalue weighted by Crippen LogP contribution is -2.59. The maximum Gasteiger partial charge on any atom is 0.255 e. The number of amides is 1. The number of fused-ring (bicyclic) bond motifs is 3. The third kappa shape index (κ3) is 3.83. The van der Waals surface area contributed by atoms with E-state index in [1.807, 2.05) is 0 Å². The number of phenolic OH excluding ortho intramolecular Hbond substituents is 1. The molecule has 204 valence electrons. The van der Waals surface area contributed by atoms with E-state index in [1.165, 1.54) is 7.11 Å². The van der Waals surface area contributed by atoms with E-state index in [2.05, 4.69) is 9.82 Å². The summed E-state index contributed by atoms with van der Waals surface area (Å²) in [7, 11) is 2.33. The highest BCUT2D eigenvalue weighted by Crippen LogP contribution is 2.54. The van der Waals surface area contributed by atoms with Crippen LogP contribution in [-0.4, -0.2) is 62.8 Å². The molecule has 0 radical (unpaired) electrons. The van der Waals surface area contributed by atoms with Crippen LogP contribution in [-0.2, 0) is 36.9 Å². The second-order valence-corrected chi connectivity index (χ2v) is 9.75. The Bertz CT molecular complexity index is 1470. The summed E-state index contributed by atoms with van der Waals surface area (Å²) in [5.41, 5.74) is 3.95. The van der Waals surface area contributed by atoms with Crippen molar-refractivity contribution in [1.82, 2.24) is 10.2 Å². The van der Waals surface area contributed by atoms with Crippen LogP contribution in [0.25, 0.3) is 17.0 Å². The molecule has 0 saturated heterocycles. The summed E-state index contributed by atoms with van der Waals surface area (Å²) in [5, 5.41) is 46.0. The van der Waals surface area contributed by atoms with Crippen LogP contribution in [0, 0.1) is 17.0 Å². The summed E-state index contributed by atoms with van der Waals surface area (Å²) in [6, 6.07) is 6.80. The summed E-state index contributed by atoms with van der Waals surface area (Å²) >= 11 is 0. The summed E-state index contributed by atoms with van der Waals surface area (Å²) in [6.45, 7) is -0.396. The van der Waals surface area contributed by atoms with Crippen molar-refractivity contribution in [3.8, 4) is 17.0 Å². The molecule has 2 aromatic rings. The van der Waals surface area contributed by atoms with Gasteiger partial charge in [0.25, 0.3) is 5.91 Å². The minimum absolute atomic E-state index is 0.0626. The summed E-state index contributed by atoms with van der Waals surface area (Å²) in [4.78, 5) is 47.8. The van der Waals surface area contributed by atoms with Gasteiger partial charge in [0.05, 0.1) is 18.4 Å². The Morgan fingerprint density at radius 3 is 2.59 bits per heavy atom. The molecule has 0 unspecified atom stereocenters. The highest BCUT2D eigenvalue weighted by Gasteiger charge is 2.61. The van der Waals surface area contributed by atoms with Gasteiger partial charge in [-0.15, -0.1) is 0 Å². The van der Waals surface area contributed by atoms with Crippen LogP contribution in [0.4, 0.5) is 0 Å². The highest BCUT2D eigenvalue weighted by atomic mass is 16.9. The van der Waals surface area contributed by atoms with E-state index >= 15 is 0 Å². The topological polar surface area (TPSA) is 196 Å². The standard InChI is InChI=1S/C27H26N3O9/c1-38-27-14(10-18(31)21(25(27)35)26(28)36)7-12-8-16-15(17-5-3-4-6-29-17)9-13(11-30(37)39-2)22(32)20(16)23(33)19(12)24(27)34/h3-6,9,12,14,32-33,35H,7-8,10-11H2,1-2H3,(H2,28,36)/q-1/t12-,14+,27+/m1/s1. The number of primary amides is 1. The van der Waals surface area contributed by atoms with Crippen molar-refractivity contribution in [3.63, 3.8) is 0 Å². The molecular formula is C27H26N3O9-. The van der Waals surface area contributed by atoms with Gasteiger partial charge in [0.2, 0.25) is 5.78 Å². The normalized spacial score (nSPS) is 24.5. The third-order valence-electron chi connectivity index (χ3n) is 7.87. The number of ether oxygens (including phenoxy) is 1. The van der Waals surface area contributed by atoms with Crippen LogP contribution >= 0.6 is 0 Å². The van der Waals surface area contributed by atoms with Gasteiger partial charge in [-0.2, -0.15) is 0 Å². The van der Waals surface area contributed by atoms with Gasteiger partial charge in [0, 0.05) is 48.9 Å². The number of nitrogens with two attached hydrogens (primary N) is 1. The summed E-state index contributed by atoms with van der Waals surface area (Å²) in [5.74, 6) is -6.06. The number of hydroxylamine groups is 2. The number of benzene rings is 1. The second-order valence-electron chi connectivity index (χ2n) is 9.75. The van der Waals surface area contributed by atoms with Crippen LogP contribution in [0.3, 0.4) is 0 Å². The number of methoxy groups -OCH3 is 1. The maximum absolute atomic E-state index is 14.1. The molecule has 12 nitrogen and oxygen atoms in total. The Kier molecular flexibility index (Phi) is 6.51. The van der Waals surface area contributed by atoms with Gasteiger partial charge in [-0.1, -0.05) is 6.07 Å². The Labute approximate surface area is 222 Å². The molecule has 1 aromatic heterocycles. The monoisotopic (exact) mass is 536 g/mol. The predicted molar refractivity (Wildman–Crippen MR) is 135 cm³/mol.